The van der Waals surface area contributed by atoms with Gasteiger partial charge in [0, 0.05) is 6.20 Å². The van der Waals surface area contributed by atoms with Crippen LogP contribution in [0.3, 0.4) is 0 Å². The van der Waals surface area contributed by atoms with E-state index in [-0.39, 0.29) is 5.82 Å². The lowest BCUT2D eigenvalue weighted by molar-refractivity contribution is 0.624. The number of rotatable bonds is 3. The molecule has 0 aliphatic carbocycles. The van der Waals surface area contributed by atoms with Crippen LogP contribution in [0.5, 0.6) is 0 Å². The van der Waals surface area contributed by atoms with Crippen molar-refractivity contribution in [1.29, 1.82) is 0 Å². The molecule has 1 aromatic carbocycles. The summed E-state index contributed by atoms with van der Waals surface area (Å²) in [6.07, 6.45) is 4.15. The molecule has 0 spiro atoms. The van der Waals surface area contributed by atoms with Crippen LogP contribution >= 0.6 is 15.9 Å². The predicted molar refractivity (Wildman–Crippen MR) is 64.0 cm³/mol. The van der Waals surface area contributed by atoms with Crippen LogP contribution in [0.25, 0.3) is 5.69 Å². The smallest absolute Gasteiger partial charge is 0.123 e. The number of halogens is 2. The third-order valence-corrected chi connectivity index (χ3v) is 2.66. The molecule has 0 radical (unpaired) electrons. The lowest BCUT2D eigenvalue weighted by Gasteiger charge is -2.08. The molecule has 2 aromatic rings. The molecule has 0 aliphatic rings. The summed E-state index contributed by atoms with van der Waals surface area (Å²) in [5.41, 5.74) is 7.22. The van der Waals surface area contributed by atoms with Crippen molar-refractivity contribution in [2.75, 3.05) is 6.54 Å². The molecule has 2 rings (SSSR count). The van der Waals surface area contributed by atoms with Crippen molar-refractivity contribution in [3.63, 3.8) is 0 Å². The van der Waals surface area contributed by atoms with Crippen LogP contribution < -0.4 is 5.73 Å². The first-order valence-corrected chi connectivity index (χ1v) is 5.69. The third-order valence-electron chi connectivity index (χ3n) is 2.25. The van der Waals surface area contributed by atoms with E-state index in [1.54, 1.807) is 16.9 Å². The minimum absolute atomic E-state index is 0.251. The van der Waals surface area contributed by atoms with Crippen molar-refractivity contribution >= 4 is 15.9 Å². The maximum atomic E-state index is 13.1. The SMILES string of the molecule is NCCc1cc(F)ccc1-n1cc(Br)cn1. The minimum Gasteiger partial charge on any atom is -0.330 e. The van der Waals surface area contributed by atoms with E-state index < -0.39 is 0 Å². The second-order valence-corrected chi connectivity index (χ2v) is 4.33. The van der Waals surface area contributed by atoms with E-state index in [0.29, 0.717) is 13.0 Å². The van der Waals surface area contributed by atoms with Gasteiger partial charge in [0.25, 0.3) is 0 Å². The Morgan fingerprint density at radius 3 is 2.88 bits per heavy atom. The van der Waals surface area contributed by atoms with Crippen molar-refractivity contribution in [3.05, 3.63) is 46.4 Å². The summed E-state index contributed by atoms with van der Waals surface area (Å²) >= 11 is 3.33. The average Bonchev–Trinajstić information content (AvgIpc) is 2.65. The van der Waals surface area contributed by atoms with Gasteiger partial charge in [-0.15, -0.1) is 0 Å². The van der Waals surface area contributed by atoms with E-state index in [4.69, 9.17) is 5.73 Å². The average molecular weight is 284 g/mol. The van der Waals surface area contributed by atoms with Crippen LogP contribution in [-0.2, 0) is 6.42 Å². The van der Waals surface area contributed by atoms with Crippen LogP contribution in [0.4, 0.5) is 4.39 Å². The van der Waals surface area contributed by atoms with Crippen LogP contribution in [0.2, 0.25) is 0 Å². The molecule has 1 aromatic heterocycles. The molecule has 0 atom stereocenters. The van der Waals surface area contributed by atoms with Gasteiger partial charge >= 0.3 is 0 Å². The number of aromatic nitrogens is 2. The summed E-state index contributed by atoms with van der Waals surface area (Å²) in [4.78, 5) is 0. The molecule has 3 nitrogen and oxygen atoms in total. The summed E-state index contributed by atoms with van der Waals surface area (Å²) in [7, 11) is 0. The number of nitrogens with zero attached hydrogens (tertiary/aromatic N) is 2. The second-order valence-electron chi connectivity index (χ2n) is 3.41. The van der Waals surface area contributed by atoms with Crippen molar-refractivity contribution in [3.8, 4) is 5.69 Å². The van der Waals surface area contributed by atoms with Gasteiger partial charge in [-0.2, -0.15) is 5.10 Å². The van der Waals surface area contributed by atoms with Gasteiger partial charge in [-0.25, -0.2) is 9.07 Å². The quantitative estimate of drug-likeness (QED) is 0.939. The Hall–Kier alpha value is -1.20. The standard InChI is InChI=1S/C11H11BrFN3/c12-9-6-15-16(7-9)11-2-1-10(13)5-8(11)3-4-14/h1-2,5-7H,3-4,14H2. The van der Waals surface area contributed by atoms with Crippen LogP contribution in [0, 0.1) is 5.82 Å². The Kier molecular flexibility index (Phi) is 3.36. The molecule has 0 amide bonds. The first-order valence-electron chi connectivity index (χ1n) is 4.90. The topological polar surface area (TPSA) is 43.8 Å². The van der Waals surface area contributed by atoms with Crippen molar-refractivity contribution < 1.29 is 4.39 Å². The van der Waals surface area contributed by atoms with Gasteiger partial charge in [-0.1, -0.05) is 0 Å². The van der Waals surface area contributed by atoms with Gasteiger partial charge in [-0.05, 0) is 52.7 Å². The van der Waals surface area contributed by atoms with Crippen LogP contribution in [-0.4, -0.2) is 16.3 Å². The molecule has 0 unspecified atom stereocenters. The Bertz CT molecular complexity index is 496. The van der Waals surface area contributed by atoms with E-state index in [2.05, 4.69) is 21.0 Å². The van der Waals surface area contributed by atoms with E-state index in [1.807, 2.05) is 6.20 Å². The predicted octanol–water partition coefficient (Wildman–Crippen LogP) is 2.28. The number of benzene rings is 1. The molecular formula is C11H11BrFN3. The molecule has 16 heavy (non-hydrogen) atoms. The number of hydrogen-bond donors (Lipinski definition) is 1. The molecular weight excluding hydrogens is 273 g/mol. The fourth-order valence-electron chi connectivity index (χ4n) is 1.57. The Morgan fingerprint density at radius 1 is 1.44 bits per heavy atom. The van der Waals surface area contributed by atoms with Crippen molar-refractivity contribution in [1.82, 2.24) is 9.78 Å². The Morgan fingerprint density at radius 2 is 2.25 bits per heavy atom. The zero-order chi connectivity index (χ0) is 11.5. The molecule has 1 heterocycles. The van der Waals surface area contributed by atoms with Crippen molar-refractivity contribution in [2.45, 2.75) is 6.42 Å². The largest absolute Gasteiger partial charge is 0.330 e. The summed E-state index contributed by atoms with van der Waals surface area (Å²) in [5.74, 6) is -0.251. The maximum absolute atomic E-state index is 13.1. The van der Waals surface area contributed by atoms with E-state index in [9.17, 15) is 4.39 Å². The van der Waals surface area contributed by atoms with Crippen LogP contribution in [0.15, 0.2) is 35.1 Å². The summed E-state index contributed by atoms with van der Waals surface area (Å²) in [5, 5.41) is 4.17. The molecule has 0 bridgehead atoms. The third kappa shape index (κ3) is 2.31. The van der Waals surface area contributed by atoms with E-state index in [0.717, 1.165) is 15.7 Å². The first-order chi connectivity index (χ1) is 7.70. The summed E-state index contributed by atoms with van der Waals surface area (Å²) in [6.45, 7) is 0.485. The maximum Gasteiger partial charge on any atom is 0.123 e. The number of nitrogens with two attached hydrogens (primary N) is 1. The lowest BCUT2D eigenvalue weighted by Crippen LogP contribution is -2.07. The zero-order valence-corrected chi connectivity index (χ0v) is 10.1. The van der Waals surface area contributed by atoms with E-state index >= 15 is 0 Å². The second kappa shape index (κ2) is 4.76. The highest BCUT2D eigenvalue weighted by Gasteiger charge is 2.06. The Labute approximate surface area is 101 Å². The highest BCUT2D eigenvalue weighted by atomic mass is 79.9. The fraction of sp³-hybridized carbons (Fsp3) is 0.182. The van der Waals surface area contributed by atoms with Gasteiger partial charge in [-0.3, -0.25) is 0 Å². The molecule has 0 saturated carbocycles. The van der Waals surface area contributed by atoms with Gasteiger partial charge in [0.15, 0.2) is 0 Å². The molecule has 0 fully saturated rings. The van der Waals surface area contributed by atoms with Gasteiger partial charge in [0.2, 0.25) is 0 Å². The summed E-state index contributed by atoms with van der Waals surface area (Å²) in [6, 6.07) is 4.63. The fourth-order valence-corrected chi connectivity index (χ4v) is 1.85. The monoisotopic (exact) mass is 283 g/mol. The minimum atomic E-state index is -0.251. The van der Waals surface area contributed by atoms with Crippen molar-refractivity contribution in [2.24, 2.45) is 5.73 Å². The zero-order valence-electron chi connectivity index (χ0n) is 8.53. The normalized spacial score (nSPS) is 10.7. The summed E-state index contributed by atoms with van der Waals surface area (Å²) < 4.78 is 15.7. The van der Waals surface area contributed by atoms with Gasteiger partial charge < -0.3 is 5.73 Å². The highest BCUT2D eigenvalue weighted by molar-refractivity contribution is 9.10. The molecule has 0 saturated heterocycles. The molecule has 2 N–H and O–H groups in total. The molecule has 84 valence electrons. The molecule has 0 aliphatic heterocycles. The van der Waals surface area contributed by atoms with Gasteiger partial charge in [0.1, 0.15) is 5.82 Å². The lowest BCUT2D eigenvalue weighted by atomic mass is 10.1. The number of hydrogen-bond acceptors (Lipinski definition) is 2. The van der Waals surface area contributed by atoms with E-state index in [1.165, 1.54) is 12.1 Å². The van der Waals surface area contributed by atoms with Gasteiger partial charge in [0.05, 0.1) is 16.4 Å². The highest BCUT2D eigenvalue weighted by Crippen LogP contribution is 2.18. The first kappa shape index (κ1) is 11.3. The van der Waals surface area contributed by atoms with Crippen LogP contribution in [0.1, 0.15) is 5.56 Å². The Balaban J connectivity index is 2.47. The molecule has 5 heteroatoms.